The zero-order valence-corrected chi connectivity index (χ0v) is 18.6. The van der Waals surface area contributed by atoms with Crippen LogP contribution < -0.4 is 10.6 Å². The van der Waals surface area contributed by atoms with E-state index in [4.69, 9.17) is 0 Å². The first-order valence-corrected chi connectivity index (χ1v) is 10.9. The van der Waals surface area contributed by atoms with Crippen molar-refractivity contribution in [2.75, 3.05) is 19.6 Å². The molecule has 29 heavy (non-hydrogen) atoms. The third kappa shape index (κ3) is 4.26. The van der Waals surface area contributed by atoms with Crippen LogP contribution in [0.1, 0.15) is 65.7 Å². The second-order valence-electron chi connectivity index (χ2n) is 10.3. The Bertz CT molecular complexity index is 669. The first kappa shape index (κ1) is 22.3. The Morgan fingerprint density at radius 3 is 2.38 bits per heavy atom. The van der Waals surface area contributed by atoms with Crippen LogP contribution in [0.15, 0.2) is 0 Å². The zero-order chi connectivity index (χ0) is 20.1. The second-order valence-corrected chi connectivity index (χ2v) is 10.3. The van der Waals surface area contributed by atoms with Gasteiger partial charge in [-0.25, -0.2) is 4.79 Å². The number of urea groups is 1. The number of amides is 4. The summed E-state index contributed by atoms with van der Waals surface area (Å²) in [5, 5.41) is 6.50. The minimum atomic E-state index is -0.793. The fourth-order valence-electron chi connectivity index (χ4n) is 5.54. The number of imide groups is 1. The lowest BCUT2D eigenvalue weighted by Gasteiger charge is -2.40. The van der Waals surface area contributed by atoms with Gasteiger partial charge in [-0.15, -0.1) is 12.4 Å². The molecule has 2 atom stereocenters. The molecule has 0 aromatic heterocycles. The van der Waals surface area contributed by atoms with Gasteiger partial charge in [0.2, 0.25) is 5.91 Å². The molecular weight excluding hydrogens is 392 g/mol. The number of carbonyl (C=O) groups is 3. The average Bonchev–Trinajstić information content (AvgIpc) is 3.06. The quantitative estimate of drug-likeness (QED) is 0.664. The maximum absolute atomic E-state index is 13.1. The van der Waals surface area contributed by atoms with Crippen molar-refractivity contribution in [3.8, 4) is 0 Å². The number of likely N-dealkylation sites (tertiary alicyclic amines) is 1. The van der Waals surface area contributed by atoms with Crippen LogP contribution in [0.2, 0.25) is 0 Å². The van der Waals surface area contributed by atoms with E-state index in [1.54, 1.807) is 0 Å². The van der Waals surface area contributed by atoms with Gasteiger partial charge in [-0.2, -0.15) is 0 Å². The molecule has 4 fully saturated rings. The van der Waals surface area contributed by atoms with Gasteiger partial charge in [0.05, 0.1) is 0 Å². The summed E-state index contributed by atoms with van der Waals surface area (Å²) in [5.74, 6) is 0.240. The lowest BCUT2D eigenvalue weighted by Crippen LogP contribution is -2.51. The summed E-state index contributed by atoms with van der Waals surface area (Å²) in [7, 11) is 0. The molecule has 1 aliphatic carbocycles. The van der Waals surface area contributed by atoms with Gasteiger partial charge in [0.25, 0.3) is 5.91 Å². The largest absolute Gasteiger partial charge is 0.340 e. The average molecular weight is 427 g/mol. The number of halogens is 1. The first-order chi connectivity index (χ1) is 13.2. The maximum atomic E-state index is 13.1. The van der Waals surface area contributed by atoms with Gasteiger partial charge in [-0.05, 0) is 56.3 Å². The lowest BCUT2D eigenvalue weighted by molar-refractivity contribution is -0.140. The number of hydrogen-bond donors (Lipinski definition) is 2. The predicted octanol–water partition coefficient (Wildman–Crippen LogP) is 2.29. The third-order valence-electron chi connectivity index (χ3n) is 7.48. The van der Waals surface area contributed by atoms with Crippen LogP contribution in [0.25, 0.3) is 0 Å². The van der Waals surface area contributed by atoms with Crippen molar-refractivity contribution in [3.05, 3.63) is 0 Å². The van der Waals surface area contributed by atoms with E-state index in [9.17, 15) is 14.4 Å². The molecule has 4 rings (SSSR count). The van der Waals surface area contributed by atoms with Gasteiger partial charge in [0.1, 0.15) is 12.1 Å². The fourth-order valence-corrected chi connectivity index (χ4v) is 5.54. The highest BCUT2D eigenvalue weighted by Crippen LogP contribution is 2.43. The van der Waals surface area contributed by atoms with E-state index < -0.39 is 11.6 Å². The lowest BCUT2D eigenvalue weighted by atomic mass is 9.67. The Balaban J connectivity index is 0.00000240. The van der Waals surface area contributed by atoms with Crippen LogP contribution in [-0.2, 0) is 9.59 Å². The van der Waals surface area contributed by atoms with E-state index in [0.29, 0.717) is 43.9 Å². The number of fused-ring (bicyclic) bond motifs is 2. The van der Waals surface area contributed by atoms with Gasteiger partial charge in [-0.1, -0.05) is 20.8 Å². The molecule has 8 heteroatoms. The summed E-state index contributed by atoms with van der Waals surface area (Å²) in [6.45, 7) is 7.95. The Labute approximate surface area is 179 Å². The highest BCUT2D eigenvalue weighted by atomic mass is 35.5. The fraction of sp³-hybridized carbons (Fsp3) is 0.857. The summed E-state index contributed by atoms with van der Waals surface area (Å²) in [4.78, 5) is 41.5. The molecule has 7 nitrogen and oxygen atoms in total. The van der Waals surface area contributed by atoms with Crippen molar-refractivity contribution >= 4 is 30.3 Å². The standard InChI is InChI=1S/C21H34N4O3.ClH/c1-20(2,3)14-6-9-21(10-7-14)18(27)25(19(28)23-21)13-17(26)24-11-8-15-4-5-16(12-24)22-15;/h14-16,22H,4-13H2,1-3H3,(H,23,28);1H. The predicted molar refractivity (Wildman–Crippen MR) is 113 cm³/mol. The molecule has 0 radical (unpaired) electrons. The van der Waals surface area contributed by atoms with Crippen LogP contribution in [0.3, 0.4) is 0 Å². The molecule has 1 saturated carbocycles. The van der Waals surface area contributed by atoms with Crippen molar-refractivity contribution < 1.29 is 14.4 Å². The van der Waals surface area contributed by atoms with Gasteiger partial charge >= 0.3 is 6.03 Å². The van der Waals surface area contributed by atoms with E-state index in [2.05, 4.69) is 31.4 Å². The molecule has 1 spiro atoms. The molecule has 4 aliphatic rings. The summed E-state index contributed by atoms with van der Waals surface area (Å²) in [6.07, 6.45) is 6.41. The molecule has 3 saturated heterocycles. The Hall–Kier alpha value is -1.34. The molecule has 0 aromatic carbocycles. The Morgan fingerprint density at radius 1 is 1.07 bits per heavy atom. The van der Waals surface area contributed by atoms with Crippen LogP contribution in [0.4, 0.5) is 4.79 Å². The molecule has 3 aliphatic heterocycles. The van der Waals surface area contributed by atoms with Crippen molar-refractivity contribution in [1.82, 2.24) is 20.4 Å². The molecule has 4 amide bonds. The highest BCUT2D eigenvalue weighted by Gasteiger charge is 2.53. The summed E-state index contributed by atoms with van der Waals surface area (Å²) >= 11 is 0. The molecule has 0 aromatic rings. The molecular formula is C21H35ClN4O3. The number of carbonyl (C=O) groups excluding carboxylic acids is 3. The van der Waals surface area contributed by atoms with Crippen molar-refractivity contribution in [1.29, 1.82) is 0 Å². The summed E-state index contributed by atoms with van der Waals surface area (Å²) in [6, 6.07) is 0.446. The molecule has 2 bridgehead atoms. The molecule has 164 valence electrons. The van der Waals surface area contributed by atoms with Gasteiger partial charge in [0.15, 0.2) is 0 Å². The monoisotopic (exact) mass is 426 g/mol. The zero-order valence-electron chi connectivity index (χ0n) is 17.8. The number of nitrogens with zero attached hydrogens (tertiary/aromatic N) is 2. The minimum absolute atomic E-state index is 0. The van der Waals surface area contributed by atoms with E-state index in [1.165, 1.54) is 6.42 Å². The van der Waals surface area contributed by atoms with E-state index >= 15 is 0 Å². The Morgan fingerprint density at radius 2 is 1.72 bits per heavy atom. The summed E-state index contributed by atoms with van der Waals surface area (Å²) < 4.78 is 0. The van der Waals surface area contributed by atoms with Crippen LogP contribution >= 0.6 is 12.4 Å². The molecule has 3 heterocycles. The molecule has 2 unspecified atom stereocenters. The topological polar surface area (TPSA) is 81.8 Å². The van der Waals surface area contributed by atoms with Crippen LogP contribution in [-0.4, -0.2) is 64.9 Å². The van der Waals surface area contributed by atoms with Crippen molar-refractivity contribution in [2.45, 2.75) is 83.3 Å². The smallest absolute Gasteiger partial charge is 0.325 e. The van der Waals surface area contributed by atoms with Gasteiger partial charge in [-0.3, -0.25) is 14.5 Å². The van der Waals surface area contributed by atoms with E-state index in [1.807, 2.05) is 4.90 Å². The maximum Gasteiger partial charge on any atom is 0.325 e. The summed E-state index contributed by atoms with van der Waals surface area (Å²) in [5.41, 5.74) is -0.582. The van der Waals surface area contributed by atoms with Gasteiger partial charge in [0, 0.05) is 25.2 Å². The van der Waals surface area contributed by atoms with Crippen molar-refractivity contribution in [2.24, 2.45) is 11.3 Å². The SMILES string of the molecule is CC(C)(C)C1CCC2(CC1)NC(=O)N(CC(=O)N1CCC3CCC(C1)N3)C2=O.Cl. The number of rotatable bonds is 2. The van der Waals surface area contributed by atoms with Crippen LogP contribution in [0.5, 0.6) is 0 Å². The van der Waals surface area contributed by atoms with E-state index in [-0.39, 0.29) is 36.2 Å². The number of hydrogen-bond acceptors (Lipinski definition) is 4. The van der Waals surface area contributed by atoms with Gasteiger partial charge < -0.3 is 15.5 Å². The Kier molecular flexibility index (Phi) is 6.21. The molecule has 2 N–H and O–H groups in total. The first-order valence-electron chi connectivity index (χ1n) is 10.9. The minimum Gasteiger partial charge on any atom is -0.340 e. The van der Waals surface area contributed by atoms with E-state index in [0.717, 1.165) is 30.6 Å². The third-order valence-corrected chi connectivity index (χ3v) is 7.48. The second kappa shape index (κ2) is 8.06. The highest BCUT2D eigenvalue weighted by molar-refractivity contribution is 6.09. The van der Waals surface area contributed by atoms with Crippen molar-refractivity contribution in [3.63, 3.8) is 0 Å². The number of nitrogens with one attached hydrogen (secondary N) is 2. The normalized spacial score (nSPS) is 34.8. The van der Waals surface area contributed by atoms with Crippen LogP contribution in [0, 0.1) is 11.3 Å².